The first-order valence-corrected chi connectivity index (χ1v) is 10.3. The fourth-order valence-electron chi connectivity index (χ4n) is 4.28. The molecule has 2 amide bonds. The van der Waals surface area contributed by atoms with Gasteiger partial charge in [0, 0.05) is 19.7 Å². The Morgan fingerprint density at radius 2 is 1.90 bits per heavy atom. The molecule has 0 radical (unpaired) electrons. The minimum atomic E-state index is -0.543. The first kappa shape index (κ1) is 21.4. The average Bonchev–Trinajstić information content (AvgIpc) is 3.24. The molecule has 7 nitrogen and oxygen atoms in total. The van der Waals surface area contributed by atoms with E-state index in [1.54, 1.807) is 12.0 Å². The van der Waals surface area contributed by atoms with Crippen molar-refractivity contribution in [2.24, 2.45) is 0 Å². The molecule has 160 valence electrons. The molecule has 0 N–H and O–H groups in total. The molecule has 29 heavy (non-hydrogen) atoms. The Hall–Kier alpha value is -2.28. The number of fused-ring (bicyclic) bond motifs is 2. The second-order valence-electron chi connectivity index (χ2n) is 8.72. The maximum Gasteiger partial charge on any atom is 0.410 e. The van der Waals surface area contributed by atoms with Crippen LogP contribution in [0, 0.1) is 0 Å². The van der Waals surface area contributed by atoms with Gasteiger partial charge in [0.1, 0.15) is 12.2 Å². The molecular weight excluding hydrogens is 372 g/mol. The number of hydrogen-bond acceptors (Lipinski definition) is 5. The summed E-state index contributed by atoms with van der Waals surface area (Å²) in [5.74, 6) is 0. The second kappa shape index (κ2) is 9.03. The van der Waals surface area contributed by atoms with E-state index in [1.807, 2.05) is 56.0 Å². The lowest BCUT2D eigenvalue weighted by Gasteiger charge is -2.34. The predicted octanol–water partition coefficient (Wildman–Crippen LogP) is 3.81. The van der Waals surface area contributed by atoms with Gasteiger partial charge in [-0.15, -0.1) is 0 Å². The van der Waals surface area contributed by atoms with Gasteiger partial charge in [0.2, 0.25) is 0 Å². The molecular formula is C22H32N2O5. The molecule has 2 aliphatic rings. The Bertz CT molecular complexity index is 703. The van der Waals surface area contributed by atoms with Crippen LogP contribution in [0.3, 0.4) is 0 Å². The zero-order valence-electron chi connectivity index (χ0n) is 17.8. The van der Waals surface area contributed by atoms with Crippen LogP contribution in [0.25, 0.3) is 0 Å². The average molecular weight is 405 g/mol. The van der Waals surface area contributed by atoms with Crippen molar-refractivity contribution in [3.05, 3.63) is 35.9 Å². The first-order chi connectivity index (χ1) is 13.8. The zero-order chi connectivity index (χ0) is 21.0. The summed E-state index contributed by atoms with van der Waals surface area (Å²) in [6.45, 7) is 6.67. The van der Waals surface area contributed by atoms with Crippen LogP contribution in [0.2, 0.25) is 0 Å². The summed E-state index contributed by atoms with van der Waals surface area (Å²) in [6, 6.07) is 9.59. The molecule has 3 rings (SSSR count). The van der Waals surface area contributed by atoms with Gasteiger partial charge in [-0.3, -0.25) is 0 Å². The number of carbonyl (C=O) groups excluding carboxylic acids is 2. The van der Waals surface area contributed by atoms with Crippen LogP contribution in [0.5, 0.6) is 0 Å². The van der Waals surface area contributed by atoms with Gasteiger partial charge in [-0.2, -0.15) is 0 Å². The van der Waals surface area contributed by atoms with Gasteiger partial charge in [-0.05, 0) is 45.6 Å². The molecule has 3 atom stereocenters. The summed E-state index contributed by atoms with van der Waals surface area (Å²) < 4.78 is 16.4. The van der Waals surface area contributed by atoms with Crippen LogP contribution in [0.1, 0.15) is 45.6 Å². The Labute approximate surface area is 172 Å². The molecule has 0 spiro atoms. The van der Waals surface area contributed by atoms with Crippen molar-refractivity contribution >= 4 is 12.2 Å². The quantitative estimate of drug-likeness (QED) is 0.721. The topological polar surface area (TPSA) is 68.3 Å². The van der Waals surface area contributed by atoms with Crippen molar-refractivity contribution in [3.63, 3.8) is 0 Å². The van der Waals surface area contributed by atoms with Gasteiger partial charge in [0.25, 0.3) is 0 Å². The highest BCUT2D eigenvalue weighted by molar-refractivity contribution is 5.72. The van der Waals surface area contributed by atoms with Crippen molar-refractivity contribution in [3.8, 4) is 0 Å². The van der Waals surface area contributed by atoms with Gasteiger partial charge in [0.05, 0.1) is 18.7 Å². The van der Waals surface area contributed by atoms with Gasteiger partial charge in [-0.25, -0.2) is 9.59 Å². The van der Waals surface area contributed by atoms with Crippen LogP contribution in [-0.4, -0.2) is 66.0 Å². The second-order valence-corrected chi connectivity index (χ2v) is 8.72. The number of methoxy groups -OCH3 is 1. The van der Waals surface area contributed by atoms with Crippen molar-refractivity contribution in [2.45, 2.75) is 70.4 Å². The van der Waals surface area contributed by atoms with E-state index >= 15 is 0 Å². The van der Waals surface area contributed by atoms with E-state index < -0.39 is 5.60 Å². The van der Waals surface area contributed by atoms with E-state index in [0.717, 1.165) is 24.8 Å². The maximum absolute atomic E-state index is 12.9. The SMILES string of the molecule is COCCN(C(=O)OCc1ccccc1)C1C[C@H]2CC[C@@H]1N2C(=O)OC(C)(C)C. The van der Waals surface area contributed by atoms with E-state index in [9.17, 15) is 9.59 Å². The fraction of sp³-hybridized carbons (Fsp3) is 0.636. The van der Waals surface area contributed by atoms with E-state index in [-0.39, 0.29) is 36.9 Å². The molecule has 1 unspecified atom stereocenters. The molecule has 7 heteroatoms. The third-order valence-electron chi connectivity index (χ3n) is 5.48. The number of ether oxygens (including phenoxy) is 3. The fourth-order valence-corrected chi connectivity index (χ4v) is 4.28. The van der Waals surface area contributed by atoms with Crippen LogP contribution < -0.4 is 0 Å². The van der Waals surface area contributed by atoms with E-state index in [0.29, 0.717) is 13.2 Å². The summed E-state index contributed by atoms with van der Waals surface area (Å²) in [6.07, 6.45) is 1.89. The Balaban J connectivity index is 1.68. The van der Waals surface area contributed by atoms with Gasteiger partial charge < -0.3 is 24.0 Å². The highest BCUT2D eigenvalue weighted by atomic mass is 16.6. The van der Waals surface area contributed by atoms with Crippen molar-refractivity contribution < 1.29 is 23.8 Å². The summed E-state index contributed by atoms with van der Waals surface area (Å²) in [5.41, 5.74) is 0.398. The molecule has 2 saturated heterocycles. The summed E-state index contributed by atoms with van der Waals surface area (Å²) in [7, 11) is 1.61. The van der Waals surface area contributed by atoms with Crippen LogP contribution in [0.4, 0.5) is 9.59 Å². The van der Waals surface area contributed by atoms with Gasteiger partial charge in [-0.1, -0.05) is 30.3 Å². The molecule has 1 aromatic carbocycles. The summed E-state index contributed by atoms with van der Waals surface area (Å²) in [5, 5.41) is 0. The normalized spacial score (nSPS) is 23.2. The Morgan fingerprint density at radius 1 is 1.17 bits per heavy atom. The van der Waals surface area contributed by atoms with Crippen LogP contribution in [0.15, 0.2) is 30.3 Å². The molecule has 2 aliphatic heterocycles. The smallest absolute Gasteiger partial charge is 0.410 e. The third kappa shape index (κ3) is 5.21. The summed E-state index contributed by atoms with van der Waals surface area (Å²) in [4.78, 5) is 29.2. The monoisotopic (exact) mass is 404 g/mol. The number of carbonyl (C=O) groups is 2. The largest absolute Gasteiger partial charge is 0.445 e. The van der Waals surface area contributed by atoms with E-state index in [2.05, 4.69) is 0 Å². The van der Waals surface area contributed by atoms with Crippen molar-refractivity contribution in [2.75, 3.05) is 20.3 Å². The molecule has 0 aliphatic carbocycles. The molecule has 2 bridgehead atoms. The number of amides is 2. The van der Waals surface area contributed by atoms with Crippen molar-refractivity contribution in [1.29, 1.82) is 0 Å². The molecule has 1 aromatic rings. The first-order valence-electron chi connectivity index (χ1n) is 10.3. The molecule has 2 heterocycles. The number of nitrogens with zero attached hydrogens (tertiary/aromatic N) is 2. The maximum atomic E-state index is 12.9. The number of hydrogen-bond donors (Lipinski definition) is 0. The standard InChI is InChI=1S/C22H32N2O5/c1-22(2,3)29-21(26)24-17-10-11-18(24)19(14-17)23(12-13-27-4)20(25)28-15-16-8-6-5-7-9-16/h5-9,17-19H,10-15H2,1-4H3/t17-,18+,19?/m1/s1. The summed E-state index contributed by atoms with van der Waals surface area (Å²) >= 11 is 0. The predicted molar refractivity (Wildman–Crippen MR) is 108 cm³/mol. The zero-order valence-corrected chi connectivity index (χ0v) is 17.8. The van der Waals surface area contributed by atoms with Gasteiger partial charge >= 0.3 is 12.2 Å². The molecule has 2 fully saturated rings. The highest BCUT2D eigenvalue weighted by Crippen LogP contribution is 2.41. The van der Waals surface area contributed by atoms with Crippen LogP contribution >= 0.6 is 0 Å². The third-order valence-corrected chi connectivity index (χ3v) is 5.48. The lowest BCUT2D eigenvalue weighted by molar-refractivity contribution is 0.0170. The number of benzene rings is 1. The Morgan fingerprint density at radius 3 is 2.55 bits per heavy atom. The Kier molecular flexibility index (Phi) is 6.67. The van der Waals surface area contributed by atoms with E-state index in [4.69, 9.17) is 14.2 Å². The lowest BCUT2D eigenvalue weighted by Crippen LogP contribution is -2.50. The molecule has 0 aromatic heterocycles. The number of rotatable bonds is 6. The van der Waals surface area contributed by atoms with E-state index in [1.165, 1.54) is 0 Å². The minimum absolute atomic E-state index is 0.0454. The van der Waals surface area contributed by atoms with Crippen LogP contribution in [-0.2, 0) is 20.8 Å². The molecule has 0 saturated carbocycles. The highest BCUT2D eigenvalue weighted by Gasteiger charge is 2.52. The minimum Gasteiger partial charge on any atom is -0.445 e. The van der Waals surface area contributed by atoms with Gasteiger partial charge in [0.15, 0.2) is 0 Å². The lowest BCUT2D eigenvalue weighted by atomic mass is 9.94. The van der Waals surface area contributed by atoms with Crippen molar-refractivity contribution in [1.82, 2.24) is 9.80 Å².